The predicted molar refractivity (Wildman–Crippen MR) is 179 cm³/mol. The largest absolute Gasteiger partial charge is 0.222 e. The molecule has 4 aromatic heterocycles. The van der Waals surface area contributed by atoms with E-state index >= 15 is 0 Å². The molecule has 0 atom stereocenters. The van der Waals surface area contributed by atoms with Gasteiger partial charge in [0.25, 0.3) is 0 Å². The number of aryl methyl sites for hydroxylation is 4. The molecular formula is C34H34N2S4. The van der Waals surface area contributed by atoms with Crippen LogP contribution in [0.5, 0.6) is 0 Å². The number of thiazole rings is 2. The van der Waals surface area contributed by atoms with E-state index in [-0.39, 0.29) is 0 Å². The number of thiophene rings is 2. The normalized spacial score (nSPS) is 11.6. The van der Waals surface area contributed by atoms with Crippen LogP contribution in [0.15, 0.2) is 60.7 Å². The summed E-state index contributed by atoms with van der Waals surface area (Å²) in [5, 5.41) is 2.17. The van der Waals surface area contributed by atoms with Crippen LogP contribution in [0.2, 0.25) is 0 Å². The van der Waals surface area contributed by atoms with Crippen molar-refractivity contribution in [2.75, 3.05) is 0 Å². The number of hydrogen-bond donors (Lipinski definition) is 0. The van der Waals surface area contributed by atoms with Crippen LogP contribution in [-0.2, 0) is 12.8 Å². The van der Waals surface area contributed by atoms with Crippen LogP contribution in [0.3, 0.4) is 0 Å². The number of aromatic nitrogens is 2. The van der Waals surface area contributed by atoms with E-state index < -0.39 is 0 Å². The number of rotatable bonds is 10. The first kappa shape index (κ1) is 27.5. The summed E-state index contributed by atoms with van der Waals surface area (Å²) in [7, 11) is 0. The second-order valence-corrected chi connectivity index (χ2v) is 14.6. The third-order valence-corrected chi connectivity index (χ3v) is 12.2. The summed E-state index contributed by atoms with van der Waals surface area (Å²) >= 11 is 7.13. The fourth-order valence-electron chi connectivity index (χ4n) is 4.94. The van der Waals surface area contributed by atoms with Gasteiger partial charge in [-0.3, -0.25) is 0 Å². The molecule has 0 bridgehead atoms. The van der Waals surface area contributed by atoms with E-state index in [0.29, 0.717) is 0 Å². The van der Waals surface area contributed by atoms with Gasteiger partial charge in [0, 0.05) is 9.75 Å². The molecule has 0 aliphatic rings. The standard InChI is InChI=1S/C34H34N2S4/c1-5-7-9-23-11-15-25(16-12-23)27-19-21(3)29(37-27)31-35-33-34(39-31)36-32(40-33)30-22(4)20-28(38-30)26-17-13-24(14-18-26)10-8-6-2/h11-20H,5-10H2,1-4H3. The summed E-state index contributed by atoms with van der Waals surface area (Å²) in [6.45, 7) is 8.90. The van der Waals surface area contributed by atoms with Gasteiger partial charge in [-0.2, -0.15) is 0 Å². The first-order valence-electron chi connectivity index (χ1n) is 14.2. The van der Waals surface area contributed by atoms with Crippen LogP contribution in [0.25, 0.3) is 50.3 Å². The molecular weight excluding hydrogens is 565 g/mol. The smallest absolute Gasteiger partial charge is 0.155 e. The van der Waals surface area contributed by atoms with Crippen molar-refractivity contribution in [3.8, 4) is 40.7 Å². The molecule has 0 fully saturated rings. The van der Waals surface area contributed by atoms with Crippen LogP contribution in [0.1, 0.15) is 61.8 Å². The van der Waals surface area contributed by atoms with Crippen molar-refractivity contribution in [2.45, 2.75) is 66.2 Å². The second kappa shape index (κ2) is 12.1. The maximum atomic E-state index is 5.06. The molecule has 0 radical (unpaired) electrons. The molecule has 0 aliphatic carbocycles. The zero-order valence-electron chi connectivity index (χ0n) is 23.5. The lowest BCUT2D eigenvalue weighted by atomic mass is 10.1. The van der Waals surface area contributed by atoms with Gasteiger partial charge in [0.05, 0.1) is 9.75 Å². The van der Waals surface area contributed by atoms with Crippen molar-refractivity contribution in [3.63, 3.8) is 0 Å². The Hall–Kier alpha value is -2.64. The van der Waals surface area contributed by atoms with E-state index in [1.54, 1.807) is 22.7 Å². The van der Waals surface area contributed by atoms with Gasteiger partial charge in [-0.05, 0) is 85.0 Å². The number of fused-ring (bicyclic) bond motifs is 1. The van der Waals surface area contributed by atoms with Crippen molar-refractivity contribution in [3.05, 3.63) is 82.9 Å². The zero-order valence-corrected chi connectivity index (χ0v) is 26.8. The van der Waals surface area contributed by atoms with Gasteiger partial charge in [0.2, 0.25) is 0 Å². The first-order valence-corrected chi connectivity index (χ1v) is 17.5. The van der Waals surface area contributed by atoms with Crippen LogP contribution in [0, 0.1) is 13.8 Å². The quantitative estimate of drug-likeness (QED) is 0.157. The van der Waals surface area contributed by atoms with Crippen molar-refractivity contribution < 1.29 is 0 Å². The summed E-state index contributed by atoms with van der Waals surface area (Å²) < 4.78 is 0. The molecule has 2 aromatic carbocycles. The Labute approximate surface area is 253 Å². The Morgan fingerprint density at radius 2 is 0.950 bits per heavy atom. The summed E-state index contributed by atoms with van der Waals surface area (Å²) in [4.78, 5) is 17.3. The molecule has 2 nitrogen and oxygen atoms in total. The molecule has 6 rings (SSSR count). The average molecular weight is 599 g/mol. The maximum Gasteiger partial charge on any atom is 0.155 e. The van der Waals surface area contributed by atoms with Gasteiger partial charge >= 0.3 is 0 Å². The van der Waals surface area contributed by atoms with Gasteiger partial charge in [0.1, 0.15) is 10.0 Å². The number of unbranched alkanes of at least 4 members (excludes halogenated alkanes) is 2. The summed E-state index contributed by atoms with van der Waals surface area (Å²) in [5.41, 5.74) is 8.01. The Bertz CT molecular complexity index is 1570. The molecule has 6 heteroatoms. The number of nitrogens with zero attached hydrogens (tertiary/aromatic N) is 2. The lowest BCUT2D eigenvalue weighted by Crippen LogP contribution is -1.83. The molecule has 4 heterocycles. The zero-order chi connectivity index (χ0) is 27.6. The predicted octanol–water partition coefficient (Wildman–Crippen LogP) is 11.8. The van der Waals surface area contributed by atoms with E-state index in [1.807, 2.05) is 22.7 Å². The van der Waals surface area contributed by atoms with Crippen LogP contribution in [0.4, 0.5) is 0 Å². The van der Waals surface area contributed by atoms with Crippen LogP contribution >= 0.6 is 45.3 Å². The minimum absolute atomic E-state index is 1.04. The molecule has 40 heavy (non-hydrogen) atoms. The van der Waals surface area contributed by atoms with Gasteiger partial charge in [-0.1, -0.05) is 97.9 Å². The minimum Gasteiger partial charge on any atom is -0.222 e. The highest BCUT2D eigenvalue weighted by molar-refractivity contribution is 7.32. The fraction of sp³-hybridized carbons (Fsp3) is 0.294. The molecule has 204 valence electrons. The molecule has 6 aromatic rings. The Morgan fingerprint density at radius 1 is 0.550 bits per heavy atom. The number of hydrogen-bond acceptors (Lipinski definition) is 6. The van der Waals surface area contributed by atoms with Crippen molar-refractivity contribution >= 4 is 55.0 Å². The van der Waals surface area contributed by atoms with Gasteiger partial charge in [-0.25, -0.2) is 9.97 Å². The van der Waals surface area contributed by atoms with E-state index in [4.69, 9.17) is 9.97 Å². The fourth-order valence-corrected chi connectivity index (χ4v) is 9.62. The Balaban J connectivity index is 1.22. The third-order valence-electron chi connectivity index (χ3n) is 7.31. The lowest BCUT2D eigenvalue weighted by molar-refractivity contribution is 0.795. The molecule has 0 spiro atoms. The molecule has 0 amide bonds. The topological polar surface area (TPSA) is 25.8 Å². The summed E-state index contributed by atoms with van der Waals surface area (Å²) in [6, 6.07) is 22.8. The van der Waals surface area contributed by atoms with Crippen molar-refractivity contribution in [1.29, 1.82) is 0 Å². The van der Waals surface area contributed by atoms with Gasteiger partial charge in [0.15, 0.2) is 9.66 Å². The van der Waals surface area contributed by atoms with E-state index in [9.17, 15) is 0 Å². The van der Waals surface area contributed by atoms with E-state index in [1.165, 1.54) is 78.6 Å². The van der Waals surface area contributed by atoms with Crippen molar-refractivity contribution in [1.82, 2.24) is 9.97 Å². The molecule has 0 saturated heterocycles. The maximum absolute atomic E-state index is 5.06. The first-order chi connectivity index (χ1) is 19.5. The second-order valence-electron chi connectivity index (χ2n) is 10.5. The SMILES string of the molecule is CCCCc1ccc(-c2cc(C)c(-c3nc4sc(-c5sc(-c6ccc(CCCC)cc6)cc5C)nc4s3)s2)cc1. The number of benzene rings is 2. The average Bonchev–Trinajstić information content (AvgIpc) is 3.73. The highest BCUT2D eigenvalue weighted by Gasteiger charge is 2.19. The Kier molecular flexibility index (Phi) is 8.31. The third kappa shape index (κ3) is 5.73. The monoisotopic (exact) mass is 598 g/mol. The molecule has 0 unspecified atom stereocenters. The van der Waals surface area contributed by atoms with Crippen LogP contribution in [-0.4, -0.2) is 9.97 Å². The summed E-state index contributed by atoms with van der Waals surface area (Å²) in [5.74, 6) is 0. The molecule has 0 saturated carbocycles. The van der Waals surface area contributed by atoms with E-state index in [2.05, 4.69) is 88.4 Å². The van der Waals surface area contributed by atoms with Gasteiger partial charge in [-0.15, -0.1) is 22.7 Å². The highest BCUT2D eigenvalue weighted by atomic mass is 32.1. The van der Waals surface area contributed by atoms with Gasteiger partial charge < -0.3 is 0 Å². The van der Waals surface area contributed by atoms with Crippen LogP contribution < -0.4 is 0 Å². The molecule has 0 N–H and O–H groups in total. The highest BCUT2D eigenvalue weighted by Crippen LogP contribution is 2.45. The summed E-state index contributed by atoms with van der Waals surface area (Å²) in [6.07, 6.45) is 7.29. The Morgan fingerprint density at radius 3 is 1.32 bits per heavy atom. The van der Waals surface area contributed by atoms with E-state index in [0.717, 1.165) is 32.5 Å². The molecule has 0 aliphatic heterocycles. The lowest BCUT2D eigenvalue weighted by Gasteiger charge is -2.02. The van der Waals surface area contributed by atoms with Crippen molar-refractivity contribution in [2.24, 2.45) is 0 Å². The minimum atomic E-state index is 1.04.